The van der Waals surface area contributed by atoms with E-state index in [0.29, 0.717) is 18.9 Å². The first kappa shape index (κ1) is 19.0. The third-order valence-corrected chi connectivity index (χ3v) is 4.48. The molecule has 6 nitrogen and oxygen atoms in total. The fourth-order valence-electron chi connectivity index (χ4n) is 3.29. The minimum absolute atomic E-state index is 0.0710. The number of nitrogens with zero attached hydrogens (tertiary/aromatic N) is 1. The first-order valence-corrected chi connectivity index (χ1v) is 9.20. The van der Waals surface area contributed by atoms with Crippen molar-refractivity contribution < 1.29 is 19.1 Å². The summed E-state index contributed by atoms with van der Waals surface area (Å²) in [7, 11) is 0. The van der Waals surface area contributed by atoms with Crippen molar-refractivity contribution in [2.24, 2.45) is 5.92 Å². The highest BCUT2D eigenvalue weighted by atomic mass is 16.6. The fraction of sp³-hybridized carbons (Fsp3) is 0.889. The van der Waals surface area contributed by atoms with Gasteiger partial charge in [-0.2, -0.15) is 0 Å². The van der Waals surface area contributed by atoms with Gasteiger partial charge >= 0.3 is 6.09 Å². The Hall–Kier alpha value is -1.30. The standard InChI is InChI=1S/C18H32N2O4/c1-18(2,3)24-17(22)20-10-4-6-14(13-20)8-9-19-16(21)12-15-7-5-11-23-15/h14-15H,4-13H2,1-3H3,(H,19,21)/t14-,15+/m1/s1. The third-order valence-electron chi connectivity index (χ3n) is 4.48. The lowest BCUT2D eigenvalue weighted by molar-refractivity contribution is -0.123. The summed E-state index contributed by atoms with van der Waals surface area (Å²) in [6.45, 7) is 8.58. The minimum Gasteiger partial charge on any atom is -0.444 e. The van der Waals surface area contributed by atoms with Gasteiger partial charge in [0, 0.05) is 26.2 Å². The summed E-state index contributed by atoms with van der Waals surface area (Å²) in [4.78, 5) is 25.8. The predicted molar refractivity (Wildman–Crippen MR) is 91.7 cm³/mol. The molecule has 0 saturated carbocycles. The van der Waals surface area contributed by atoms with E-state index in [1.807, 2.05) is 20.8 Å². The molecule has 138 valence electrons. The number of hydrogen-bond acceptors (Lipinski definition) is 4. The molecule has 2 fully saturated rings. The summed E-state index contributed by atoms with van der Waals surface area (Å²) in [5.41, 5.74) is -0.458. The average molecular weight is 340 g/mol. The third kappa shape index (κ3) is 6.67. The Morgan fingerprint density at radius 1 is 1.25 bits per heavy atom. The second-order valence-electron chi connectivity index (χ2n) is 7.91. The van der Waals surface area contributed by atoms with Crippen LogP contribution in [0.2, 0.25) is 0 Å². The zero-order chi connectivity index (χ0) is 17.6. The van der Waals surface area contributed by atoms with Gasteiger partial charge in [0.15, 0.2) is 0 Å². The molecule has 0 aromatic carbocycles. The Morgan fingerprint density at radius 2 is 2.04 bits per heavy atom. The van der Waals surface area contributed by atoms with Crippen molar-refractivity contribution in [1.29, 1.82) is 0 Å². The minimum atomic E-state index is -0.458. The summed E-state index contributed by atoms with van der Waals surface area (Å²) in [5.74, 6) is 0.496. The van der Waals surface area contributed by atoms with Crippen LogP contribution in [0.4, 0.5) is 4.79 Å². The van der Waals surface area contributed by atoms with Crippen molar-refractivity contribution in [3.63, 3.8) is 0 Å². The maximum absolute atomic E-state index is 12.2. The second kappa shape index (κ2) is 8.70. The van der Waals surface area contributed by atoms with E-state index in [-0.39, 0.29) is 18.1 Å². The molecule has 0 aromatic rings. The van der Waals surface area contributed by atoms with Crippen molar-refractivity contribution in [3.8, 4) is 0 Å². The lowest BCUT2D eigenvalue weighted by Crippen LogP contribution is -2.43. The van der Waals surface area contributed by atoms with Gasteiger partial charge in [-0.1, -0.05) is 0 Å². The van der Waals surface area contributed by atoms with Crippen molar-refractivity contribution in [1.82, 2.24) is 10.2 Å². The number of rotatable bonds is 5. The molecule has 24 heavy (non-hydrogen) atoms. The van der Waals surface area contributed by atoms with Crippen LogP contribution in [0.3, 0.4) is 0 Å². The van der Waals surface area contributed by atoms with Gasteiger partial charge in [-0.3, -0.25) is 4.79 Å². The van der Waals surface area contributed by atoms with Crippen LogP contribution in [0.1, 0.15) is 59.3 Å². The lowest BCUT2D eigenvalue weighted by atomic mass is 9.95. The fourth-order valence-corrected chi connectivity index (χ4v) is 3.29. The van der Waals surface area contributed by atoms with E-state index >= 15 is 0 Å². The van der Waals surface area contributed by atoms with Crippen LogP contribution in [0.15, 0.2) is 0 Å². The summed E-state index contributed by atoms with van der Waals surface area (Å²) < 4.78 is 10.9. The van der Waals surface area contributed by atoms with Crippen molar-refractivity contribution in [2.75, 3.05) is 26.2 Å². The van der Waals surface area contributed by atoms with Gasteiger partial charge in [-0.05, 0) is 58.8 Å². The highest BCUT2D eigenvalue weighted by Crippen LogP contribution is 2.21. The number of likely N-dealkylation sites (tertiary alicyclic amines) is 1. The predicted octanol–water partition coefficient (Wildman–Crippen LogP) is 2.71. The number of carbonyl (C=O) groups is 2. The maximum atomic E-state index is 12.2. The molecule has 2 aliphatic rings. The molecule has 0 spiro atoms. The van der Waals surface area contributed by atoms with Crippen LogP contribution in [0.5, 0.6) is 0 Å². The number of nitrogens with one attached hydrogen (secondary N) is 1. The maximum Gasteiger partial charge on any atom is 0.410 e. The quantitative estimate of drug-likeness (QED) is 0.835. The first-order valence-electron chi connectivity index (χ1n) is 9.20. The highest BCUT2D eigenvalue weighted by molar-refractivity contribution is 5.76. The van der Waals surface area contributed by atoms with Gasteiger partial charge in [-0.15, -0.1) is 0 Å². The van der Waals surface area contributed by atoms with Crippen LogP contribution in [-0.4, -0.2) is 54.8 Å². The number of ether oxygens (including phenoxy) is 2. The topological polar surface area (TPSA) is 67.9 Å². The number of hydrogen-bond donors (Lipinski definition) is 1. The van der Waals surface area contributed by atoms with E-state index in [1.54, 1.807) is 4.90 Å². The SMILES string of the molecule is CC(C)(C)OC(=O)N1CCC[C@H](CCNC(=O)C[C@@H]2CCCO2)C1. The number of carbonyl (C=O) groups excluding carboxylic acids is 2. The molecule has 6 heteroatoms. The normalized spacial score (nSPS) is 24.7. The smallest absolute Gasteiger partial charge is 0.410 e. The van der Waals surface area contributed by atoms with E-state index in [0.717, 1.165) is 51.8 Å². The Labute approximate surface area is 145 Å². The largest absolute Gasteiger partial charge is 0.444 e. The highest BCUT2D eigenvalue weighted by Gasteiger charge is 2.27. The van der Waals surface area contributed by atoms with Gasteiger partial charge in [-0.25, -0.2) is 4.79 Å². The molecular formula is C18H32N2O4. The zero-order valence-electron chi connectivity index (χ0n) is 15.3. The van der Waals surface area contributed by atoms with E-state index in [4.69, 9.17) is 9.47 Å². The van der Waals surface area contributed by atoms with Gasteiger partial charge in [0.25, 0.3) is 0 Å². The molecule has 2 heterocycles. The summed E-state index contributed by atoms with van der Waals surface area (Å²) in [6.07, 6.45) is 5.37. The number of piperidine rings is 1. The molecule has 2 amide bonds. The van der Waals surface area contributed by atoms with Gasteiger partial charge in [0.2, 0.25) is 5.91 Å². The lowest BCUT2D eigenvalue weighted by Gasteiger charge is -2.34. The monoisotopic (exact) mass is 340 g/mol. The van der Waals surface area contributed by atoms with Crippen LogP contribution < -0.4 is 5.32 Å². The zero-order valence-corrected chi connectivity index (χ0v) is 15.3. The summed E-state index contributed by atoms with van der Waals surface area (Å²) >= 11 is 0. The van der Waals surface area contributed by atoms with Crippen LogP contribution in [0.25, 0.3) is 0 Å². The molecule has 0 radical (unpaired) electrons. The molecule has 2 aliphatic heterocycles. The van der Waals surface area contributed by atoms with Crippen LogP contribution >= 0.6 is 0 Å². The van der Waals surface area contributed by atoms with Crippen LogP contribution in [-0.2, 0) is 14.3 Å². The Kier molecular flexibility index (Phi) is 6.90. The summed E-state index contributed by atoms with van der Waals surface area (Å²) in [6, 6.07) is 0. The summed E-state index contributed by atoms with van der Waals surface area (Å²) in [5, 5.41) is 2.99. The van der Waals surface area contributed by atoms with E-state index < -0.39 is 5.60 Å². The van der Waals surface area contributed by atoms with E-state index in [2.05, 4.69) is 5.32 Å². The van der Waals surface area contributed by atoms with E-state index in [9.17, 15) is 9.59 Å². The Balaban J connectivity index is 1.65. The van der Waals surface area contributed by atoms with Gasteiger partial charge < -0.3 is 19.7 Å². The molecule has 2 rings (SSSR count). The molecule has 0 aromatic heterocycles. The van der Waals surface area contributed by atoms with E-state index in [1.165, 1.54) is 0 Å². The molecule has 1 N–H and O–H groups in total. The molecule has 0 bridgehead atoms. The van der Waals surface area contributed by atoms with Crippen molar-refractivity contribution >= 4 is 12.0 Å². The van der Waals surface area contributed by atoms with Gasteiger partial charge in [0.05, 0.1) is 12.5 Å². The molecule has 0 unspecified atom stereocenters. The van der Waals surface area contributed by atoms with Gasteiger partial charge in [0.1, 0.15) is 5.60 Å². The van der Waals surface area contributed by atoms with Crippen LogP contribution in [0, 0.1) is 5.92 Å². The number of amides is 2. The molecule has 2 saturated heterocycles. The molecular weight excluding hydrogens is 308 g/mol. The second-order valence-corrected chi connectivity index (χ2v) is 7.91. The molecule has 0 aliphatic carbocycles. The van der Waals surface area contributed by atoms with Crippen molar-refractivity contribution in [3.05, 3.63) is 0 Å². The Bertz CT molecular complexity index is 427. The molecule has 2 atom stereocenters. The Morgan fingerprint density at radius 3 is 2.71 bits per heavy atom. The van der Waals surface area contributed by atoms with Crippen molar-refractivity contribution in [2.45, 2.75) is 71.0 Å². The first-order chi connectivity index (χ1) is 11.3. The average Bonchev–Trinajstić information content (AvgIpc) is 2.98.